The molecule has 0 radical (unpaired) electrons. The number of carbonyl (C=O) groups is 2. The van der Waals surface area contributed by atoms with Crippen LogP contribution < -0.4 is 10.1 Å². The minimum atomic E-state index is -0.419. The van der Waals surface area contributed by atoms with Crippen LogP contribution in [-0.2, 0) is 16.1 Å². The van der Waals surface area contributed by atoms with E-state index in [1.165, 1.54) is 40.9 Å². The lowest BCUT2D eigenvalue weighted by Crippen LogP contribution is -2.28. The minimum Gasteiger partial charge on any atom is -0.483 e. The number of carbonyl (C=O) groups excluding carboxylic acids is 2. The average Bonchev–Trinajstić information content (AvgIpc) is 3.59. The third-order valence-corrected chi connectivity index (χ3v) is 7.77. The largest absolute Gasteiger partial charge is 0.483 e. The zero-order chi connectivity index (χ0) is 29.5. The van der Waals surface area contributed by atoms with Gasteiger partial charge in [0.25, 0.3) is 11.8 Å². The van der Waals surface area contributed by atoms with Crippen molar-refractivity contribution >= 4 is 78.6 Å². The molecule has 3 aromatic carbocycles. The molecular formula is C30H21Br2FN4O4S. The number of rotatable bonds is 9. The summed E-state index contributed by atoms with van der Waals surface area (Å²) in [7, 11) is 0. The third kappa shape index (κ3) is 7.84. The summed E-state index contributed by atoms with van der Waals surface area (Å²) in [6.07, 6.45) is 4.83. The summed E-state index contributed by atoms with van der Waals surface area (Å²) in [4.78, 5) is 27.8. The summed E-state index contributed by atoms with van der Waals surface area (Å²) in [5, 5.41) is 11.6. The lowest BCUT2D eigenvalue weighted by atomic mass is 10.2. The molecule has 2 heterocycles. The van der Waals surface area contributed by atoms with Gasteiger partial charge in [0.05, 0.1) is 23.9 Å². The quantitative estimate of drug-likeness (QED) is 0.110. The van der Waals surface area contributed by atoms with Crippen molar-refractivity contribution in [2.45, 2.75) is 6.54 Å². The van der Waals surface area contributed by atoms with E-state index >= 15 is 0 Å². The molecule has 1 N–H and O–H groups in total. The van der Waals surface area contributed by atoms with Crippen molar-refractivity contribution in [3.8, 4) is 5.75 Å². The Morgan fingerprint density at radius 2 is 1.81 bits per heavy atom. The predicted octanol–water partition coefficient (Wildman–Crippen LogP) is 7.47. The fraction of sp³-hybridized carbons (Fsp3) is 0.0667. The van der Waals surface area contributed by atoms with Crippen LogP contribution in [-0.4, -0.2) is 34.7 Å². The van der Waals surface area contributed by atoms with Gasteiger partial charge in [0.15, 0.2) is 11.8 Å². The fourth-order valence-corrected chi connectivity index (χ4v) is 5.32. The molecule has 5 rings (SSSR count). The van der Waals surface area contributed by atoms with Gasteiger partial charge in [-0.15, -0.1) is 5.10 Å². The second-order valence-corrected chi connectivity index (χ2v) is 11.6. The molecule has 4 aromatic rings. The molecule has 0 atom stereocenters. The second kappa shape index (κ2) is 13.8. The van der Waals surface area contributed by atoms with Crippen molar-refractivity contribution in [3.05, 3.63) is 122 Å². The van der Waals surface area contributed by atoms with E-state index in [4.69, 9.17) is 9.15 Å². The summed E-state index contributed by atoms with van der Waals surface area (Å²) >= 11 is 8.03. The Hall–Kier alpha value is -4.00. The number of furan rings is 1. The molecule has 2 amide bonds. The highest BCUT2D eigenvalue weighted by Crippen LogP contribution is 2.36. The molecular weight excluding hydrogens is 691 g/mol. The second-order valence-electron chi connectivity index (χ2n) is 8.79. The number of hydrogen-bond acceptors (Lipinski definition) is 7. The van der Waals surface area contributed by atoms with Crippen LogP contribution in [0.1, 0.15) is 16.9 Å². The number of ether oxygens (including phenoxy) is 1. The molecule has 212 valence electrons. The number of thioether (sulfide) groups is 1. The molecule has 42 heavy (non-hydrogen) atoms. The Balaban J connectivity index is 1.36. The highest BCUT2D eigenvalue weighted by Gasteiger charge is 2.34. The lowest BCUT2D eigenvalue weighted by Gasteiger charge is -2.13. The molecule has 0 saturated carbocycles. The zero-order valence-corrected chi connectivity index (χ0v) is 25.7. The molecule has 1 aliphatic heterocycles. The van der Waals surface area contributed by atoms with E-state index < -0.39 is 11.7 Å². The van der Waals surface area contributed by atoms with E-state index in [0.717, 1.165) is 14.5 Å². The molecule has 12 heteroatoms. The molecule has 0 unspecified atom stereocenters. The normalized spacial score (nSPS) is 15.2. The summed E-state index contributed by atoms with van der Waals surface area (Å²) in [5.41, 5.74) is 1.87. The van der Waals surface area contributed by atoms with Gasteiger partial charge in [-0.25, -0.2) is 4.39 Å². The summed E-state index contributed by atoms with van der Waals surface area (Å²) in [6.45, 7) is -0.118. The monoisotopic (exact) mass is 710 g/mol. The van der Waals surface area contributed by atoms with Gasteiger partial charge < -0.3 is 14.5 Å². The van der Waals surface area contributed by atoms with Crippen molar-refractivity contribution in [2.75, 3.05) is 11.9 Å². The number of amides is 2. The Morgan fingerprint density at radius 3 is 2.55 bits per heavy atom. The first-order valence-electron chi connectivity index (χ1n) is 12.4. The number of amidine groups is 1. The number of nitrogens with zero attached hydrogens (tertiary/aromatic N) is 3. The molecule has 0 bridgehead atoms. The van der Waals surface area contributed by atoms with Crippen LogP contribution in [0, 0.1) is 5.82 Å². The standard InChI is InChI=1S/C30H21Br2FN4O4S/c31-21-5-3-19(4-6-21)16-34-36-30-37(17-25-2-1-13-40-25)29(39)27(42-30)15-20-14-22(32)7-12-26(20)41-18-28(38)35-24-10-8-23(33)9-11-24/h1-16H,17-18H2,(H,35,38)/b27-15-,34-16-,36-30+. The Bertz CT molecular complexity index is 1670. The molecule has 1 aromatic heterocycles. The topological polar surface area (TPSA) is 96.5 Å². The van der Waals surface area contributed by atoms with E-state index in [0.29, 0.717) is 32.8 Å². The van der Waals surface area contributed by atoms with Crippen LogP contribution in [0.3, 0.4) is 0 Å². The maximum atomic E-state index is 13.5. The summed E-state index contributed by atoms with van der Waals surface area (Å²) in [5.74, 6) is -0.118. The number of anilines is 1. The van der Waals surface area contributed by atoms with Gasteiger partial charge in [-0.1, -0.05) is 44.0 Å². The number of halogens is 3. The van der Waals surface area contributed by atoms with Gasteiger partial charge in [0.2, 0.25) is 0 Å². The lowest BCUT2D eigenvalue weighted by molar-refractivity contribution is -0.122. The van der Waals surface area contributed by atoms with E-state index in [2.05, 4.69) is 47.4 Å². The van der Waals surface area contributed by atoms with Gasteiger partial charge in [-0.3, -0.25) is 14.5 Å². The maximum Gasteiger partial charge on any atom is 0.267 e. The fourth-order valence-electron chi connectivity index (χ4n) is 3.75. The number of hydrogen-bond donors (Lipinski definition) is 1. The predicted molar refractivity (Wildman–Crippen MR) is 169 cm³/mol. The first-order valence-corrected chi connectivity index (χ1v) is 14.8. The van der Waals surface area contributed by atoms with Crippen LogP contribution in [0.25, 0.3) is 6.08 Å². The van der Waals surface area contributed by atoms with E-state index in [-0.39, 0.29) is 19.1 Å². The van der Waals surface area contributed by atoms with Crippen LogP contribution in [0.5, 0.6) is 5.75 Å². The maximum absolute atomic E-state index is 13.5. The Kier molecular flexibility index (Phi) is 9.67. The highest BCUT2D eigenvalue weighted by atomic mass is 79.9. The van der Waals surface area contributed by atoms with Crippen LogP contribution in [0.2, 0.25) is 0 Å². The summed E-state index contributed by atoms with van der Waals surface area (Å²) in [6, 6.07) is 21.8. The van der Waals surface area contributed by atoms with Gasteiger partial charge in [0.1, 0.15) is 17.3 Å². The molecule has 0 aliphatic carbocycles. The van der Waals surface area contributed by atoms with Gasteiger partial charge >= 0.3 is 0 Å². The zero-order valence-electron chi connectivity index (χ0n) is 21.7. The SMILES string of the molecule is O=C(COc1ccc(Br)cc1/C=C1\S/C(=N/N=C\c2ccc(Br)cc2)N(Cc2ccco2)C1=O)Nc1ccc(F)cc1. The Morgan fingerprint density at radius 1 is 1.05 bits per heavy atom. The third-order valence-electron chi connectivity index (χ3n) is 5.75. The van der Waals surface area contributed by atoms with E-state index in [9.17, 15) is 14.0 Å². The molecule has 0 spiro atoms. The van der Waals surface area contributed by atoms with Crippen molar-refractivity contribution in [1.29, 1.82) is 0 Å². The van der Waals surface area contributed by atoms with Gasteiger partial charge in [0, 0.05) is 20.2 Å². The minimum absolute atomic E-state index is 0.175. The van der Waals surface area contributed by atoms with Crippen molar-refractivity contribution < 1.29 is 23.1 Å². The number of benzene rings is 3. The van der Waals surface area contributed by atoms with Crippen LogP contribution in [0.15, 0.2) is 114 Å². The van der Waals surface area contributed by atoms with Crippen molar-refractivity contribution in [3.63, 3.8) is 0 Å². The first kappa shape index (κ1) is 29.5. The smallest absolute Gasteiger partial charge is 0.267 e. The van der Waals surface area contributed by atoms with Crippen LogP contribution >= 0.6 is 43.6 Å². The van der Waals surface area contributed by atoms with E-state index in [1.807, 2.05) is 24.3 Å². The molecule has 1 fully saturated rings. The highest BCUT2D eigenvalue weighted by molar-refractivity contribution is 9.10. The molecule has 1 saturated heterocycles. The van der Waals surface area contributed by atoms with Crippen LogP contribution in [0.4, 0.5) is 10.1 Å². The van der Waals surface area contributed by atoms with Gasteiger partial charge in [-0.2, -0.15) is 5.10 Å². The molecule has 1 aliphatic rings. The Labute approximate surface area is 261 Å². The number of nitrogens with one attached hydrogen (secondary N) is 1. The summed E-state index contributed by atoms with van der Waals surface area (Å²) < 4.78 is 26.1. The van der Waals surface area contributed by atoms with Crippen molar-refractivity contribution in [1.82, 2.24) is 4.90 Å². The van der Waals surface area contributed by atoms with E-state index in [1.54, 1.807) is 48.9 Å². The van der Waals surface area contributed by atoms with Gasteiger partial charge in [-0.05, 0) is 90.1 Å². The first-order chi connectivity index (χ1) is 20.3. The average molecular weight is 712 g/mol. The molecule has 8 nitrogen and oxygen atoms in total. The van der Waals surface area contributed by atoms with Crippen molar-refractivity contribution in [2.24, 2.45) is 10.2 Å².